The first kappa shape index (κ1) is 18.1. The van der Waals surface area contributed by atoms with Crippen LogP contribution in [0.15, 0.2) is 6.20 Å². The predicted molar refractivity (Wildman–Crippen MR) is 64.1 cm³/mol. The van der Waals surface area contributed by atoms with E-state index >= 15 is 0 Å². The number of ether oxygens (including phenoxy) is 2. The van der Waals surface area contributed by atoms with Gasteiger partial charge in [-0.25, -0.2) is 8.78 Å². The maximum atomic E-state index is 12.9. The summed E-state index contributed by atoms with van der Waals surface area (Å²) in [5, 5.41) is 0. The summed E-state index contributed by atoms with van der Waals surface area (Å²) in [6, 6.07) is 0. The maximum absolute atomic E-state index is 12.9. The number of carbonyl (C=O) groups excluding carboxylic acids is 1. The van der Waals surface area contributed by atoms with E-state index in [9.17, 15) is 26.7 Å². The van der Waals surface area contributed by atoms with Gasteiger partial charge in [0.15, 0.2) is 5.75 Å². The van der Waals surface area contributed by atoms with Crippen LogP contribution in [0.1, 0.15) is 30.2 Å². The molecule has 1 aromatic heterocycles. The Morgan fingerprint density at radius 2 is 2.00 bits per heavy atom. The van der Waals surface area contributed by atoms with Crippen LogP contribution in [0.2, 0.25) is 0 Å². The van der Waals surface area contributed by atoms with Crippen LogP contribution in [-0.2, 0) is 22.5 Å². The molecule has 22 heavy (non-hydrogen) atoms. The summed E-state index contributed by atoms with van der Waals surface area (Å²) in [5.74, 6) is -1.75. The molecule has 5 nitrogen and oxygen atoms in total. The molecule has 124 valence electrons. The Hall–Kier alpha value is -1.97. The van der Waals surface area contributed by atoms with Crippen molar-refractivity contribution in [3.05, 3.63) is 23.0 Å². The minimum absolute atomic E-state index is 0.0148. The van der Waals surface area contributed by atoms with E-state index in [4.69, 9.17) is 5.73 Å². The number of rotatable bonds is 6. The van der Waals surface area contributed by atoms with Crippen LogP contribution < -0.4 is 10.5 Å². The molecule has 0 aliphatic rings. The third-order valence-corrected chi connectivity index (χ3v) is 2.55. The van der Waals surface area contributed by atoms with Crippen molar-refractivity contribution in [1.29, 1.82) is 0 Å². The number of halogens is 5. The average molecular weight is 328 g/mol. The highest BCUT2D eigenvalue weighted by Gasteiger charge is 2.34. The molecule has 0 aliphatic carbocycles. The van der Waals surface area contributed by atoms with Gasteiger partial charge in [0, 0.05) is 17.7 Å². The van der Waals surface area contributed by atoms with E-state index < -0.39 is 48.7 Å². The molecule has 1 rings (SSSR count). The van der Waals surface area contributed by atoms with Crippen molar-refractivity contribution in [2.45, 2.75) is 32.7 Å². The Bertz CT molecular complexity index is 534. The first-order chi connectivity index (χ1) is 10.2. The molecule has 10 heteroatoms. The van der Waals surface area contributed by atoms with Gasteiger partial charge in [0.2, 0.25) is 0 Å². The van der Waals surface area contributed by atoms with Crippen molar-refractivity contribution in [1.82, 2.24) is 4.98 Å². The number of pyridine rings is 1. The Morgan fingerprint density at radius 3 is 2.45 bits per heavy atom. The molecule has 0 aromatic carbocycles. The molecule has 1 aromatic rings. The SMILES string of the molecule is CCOC(=O)Cc1c(OC(F)(F)F)cnc(C(F)F)c1CN. The van der Waals surface area contributed by atoms with Crippen LogP contribution in [0.4, 0.5) is 22.0 Å². The van der Waals surface area contributed by atoms with Crippen molar-refractivity contribution in [2.75, 3.05) is 6.61 Å². The highest BCUT2D eigenvalue weighted by Crippen LogP contribution is 2.33. The zero-order valence-corrected chi connectivity index (χ0v) is 11.4. The molecule has 0 aliphatic heterocycles. The number of hydrogen-bond donors (Lipinski definition) is 1. The van der Waals surface area contributed by atoms with Gasteiger partial charge in [0.1, 0.15) is 5.69 Å². The van der Waals surface area contributed by atoms with E-state index in [0.717, 1.165) is 0 Å². The summed E-state index contributed by atoms with van der Waals surface area (Å²) in [5.41, 5.74) is 3.73. The Balaban J connectivity index is 3.34. The molecular formula is C12H13F5N2O3. The molecule has 0 bridgehead atoms. The third kappa shape index (κ3) is 4.79. The van der Waals surface area contributed by atoms with Gasteiger partial charge in [-0.1, -0.05) is 0 Å². The number of carbonyl (C=O) groups is 1. The van der Waals surface area contributed by atoms with Crippen LogP contribution in [-0.4, -0.2) is 23.9 Å². The summed E-state index contributed by atoms with van der Waals surface area (Å²) < 4.78 is 71.1. The van der Waals surface area contributed by atoms with Crippen LogP contribution >= 0.6 is 0 Å². The van der Waals surface area contributed by atoms with Gasteiger partial charge >= 0.3 is 12.3 Å². The Labute approximate surface area is 122 Å². The number of nitrogens with two attached hydrogens (primary N) is 1. The average Bonchev–Trinajstić information content (AvgIpc) is 2.38. The highest BCUT2D eigenvalue weighted by atomic mass is 19.4. The molecule has 1 heterocycles. The molecule has 2 N–H and O–H groups in total. The minimum Gasteiger partial charge on any atom is -0.466 e. The number of alkyl halides is 5. The van der Waals surface area contributed by atoms with Crippen molar-refractivity contribution in [3.63, 3.8) is 0 Å². The Morgan fingerprint density at radius 1 is 1.36 bits per heavy atom. The summed E-state index contributed by atoms with van der Waals surface area (Å²) >= 11 is 0. The lowest BCUT2D eigenvalue weighted by Crippen LogP contribution is -2.21. The first-order valence-corrected chi connectivity index (χ1v) is 6.09. The highest BCUT2D eigenvalue weighted by molar-refractivity contribution is 5.74. The van der Waals surface area contributed by atoms with Gasteiger partial charge in [-0.15, -0.1) is 13.2 Å². The molecular weight excluding hydrogens is 315 g/mol. The smallest absolute Gasteiger partial charge is 0.466 e. The standard InChI is InChI=1S/C12H13F5N2O3/c1-2-21-9(20)3-6-7(4-18)10(11(13)14)19-5-8(6)22-12(15,16)17/h5,11H,2-4,18H2,1H3. The minimum atomic E-state index is -5.07. The number of aromatic nitrogens is 1. The third-order valence-electron chi connectivity index (χ3n) is 2.55. The van der Waals surface area contributed by atoms with Gasteiger partial charge in [0.05, 0.1) is 19.2 Å². The number of nitrogens with zero attached hydrogens (tertiary/aromatic N) is 1. The summed E-state index contributed by atoms with van der Waals surface area (Å²) in [4.78, 5) is 14.7. The predicted octanol–water partition coefficient (Wildman–Crippen LogP) is 2.48. The first-order valence-electron chi connectivity index (χ1n) is 6.09. The molecule has 0 unspecified atom stereocenters. The molecule has 0 atom stereocenters. The molecule has 0 radical (unpaired) electrons. The zero-order chi connectivity index (χ0) is 16.9. The van der Waals surface area contributed by atoms with E-state index in [0.29, 0.717) is 6.20 Å². The maximum Gasteiger partial charge on any atom is 0.573 e. The van der Waals surface area contributed by atoms with E-state index in [-0.39, 0.29) is 12.2 Å². The largest absolute Gasteiger partial charge is 0.573 e. The summed E-state index contributed by atoms with van der Waals surface area (Å²) in [6.45, 7) is 0.946. The van der Waals surface area contributed by atoms with Crippen molar-refractivity contribution < 1.29 is 36.2 Å². The van der Waals surface area contributed by atoms with Crippen LogP contribution in [0.25, 0.3) is 0 Å². The monoisotopic (exact) mass is 328 g/mol. The molecule has 0 amide bonds. The van der Waals surface area contributed by atoms with Gasteiger partial charge in [0.25, 0.3) is 6.43 Å². The molecule has 0 saturated carbocycles. The van der Waals surface area contributed by atoms with E-state index in [1.54, 1.807) is 0 Å². The van der Waals surface area contributed by atoms with Gasteiger partial charge in [-0.3, -0.25) is 9.78 Å². The van der Waals surface area contributed by atoms with E-state index in [2.05, 4.69) is 14.5 Å². The zero-order valence-electron chi connectivity index (χ0n) is 11.4. The topological polar surface area (TPSA) is 74.4 Å². The second-order valence-corrected chi connectivity index (χ2v) is 4.00. The number of esters is 1. The normalized spacial score (nSPS) is 11.6. The van der Waals surface area contributed by atoms with Gasteiger partial charge in [-0.05, 0) is 6.92 Å². The van der Waals surface area contributed by atoms with Crippen molar-refractivity contribution in [3.8, 4) is 5.75 Å². The second kappa shape index (κ2) is 7.34. The lowest BCUT2D eigenvalue weighted by Gasteiger charge is -2.17. The molecule has 0 fully saturated rings. The fourth-order valence-electron chi connectivity index (χ4n) is 1.77. The molecule has 0 spiro atoms. The fourth-order valence-corrected chi connectivity index (χ4v) is 1.77. The van der Waals surface area contributed by atoms with Crippen LogP contribution in [0.3, 0.4) is 0 Å². The van der Waals surface area contributed by atoms with Crippen LogP contribution in [0.5, 0.6) is 5.75 Å². The summed E-state index contributed by atoms with van der Waals surface area (Å²) in [6.07, 6.45) is -8.32. The van der Waals surface area contributed by atoms with Crippen LogP contribution in [0, 0.1) is 0 Å². The van der Waals surface area contributed by atoms with E-state index in [1.165, 1.54) is 6.92 Å². The fraction of sp³-hybridized carbons (Fsp3) is 0.500. The molecule has 0 saturated heterocycles. The second-order valence-electron chi connectivity index (χ2n) is 4.00. The lowest BCUT2D eigenvalue weighted by molar-refractivity contribution is -0.275. The lowest BCUT2D eigenvalue weighted by atomic mass is 10.0. The van der Waals surface area contributed by atoms with Gasteiger partial charge < -0.3 is 15.2 Å². The number of hydrogen-bond acceptors (Lipinski definition) is 5. The van der Waals surface area contributed by atoms with Gasteiger partial charge in [-0.2, -0.15) is 0 Å². The van der Waals surface area contributed by atoms with Crippen molar-refractivity contribution >= 4 is 5.97 Å². The summed E-state index contributed by atoms with van der Waals surface area (Å²) in [7, 11) is 0. The van der Waals surface area contributed by atoms with E-state index in [1.807, 2.05) is 0 Å². The Kier molecular flexibility index (Phi) is 6.03. The van der Waals surface area contributed by atoms with Crippen molar-refractivity contribution in [2.24, 2.45) is 5.73 Å². The quantitative estimate of drug-likeness (QED) is 0.641.